The van der Waals surface area contributed by atoms with E-state index in [9.17, 15) is 18.5 Å². The van der Waals surface area contributed by atoms with Gasteiger partial charge in [-0.05, 0) is 73.1 Å². The standard InChI is InChI=1S/C30H22ClF2N5O3S/c1-15-13-35-27(19-6-4-8-23(25(19)32)42(3,40)41)26(33)28(15)38-16(2)10-22(24(31)30(38)39)21-11-20(21)18-7-5-9-37-29(18)17(12-34)14-36-37/h4-10,13-14,20-21H,11H2,1-3H3/t20?,21-/m1/s1. The SMILES string of the molecule is Cc1cnc(-c2cccc(S(C)(=O)=O)c2F)c(F)c1-n1c(C)cc([C@@H]2CC2c2cccn3ncc(C#N)c23)c(Cl)c1=O. The Balaban J connectivity index is 1.45. The lowest BCUT2D eigenvalue weighted by molar-refractivity contribution is 0.569. The summed E-state index contributed by atoms with van der Waals surface area (Å²) < 4.78 is 58.2. The molecule has 4 aromatic heterocycles. The van der Waals surface area contributed by atoms with E-state index in [-0.39, 0.29) is 28.1 Å². The number of pyridine rings is 3. The Bertz CT molecular complexity index is 2170. The molecule has 0 spiro atoms. The highest BCUT2D eigenvalue weighted by atomic mass is 35.5. The molecule has 12 heteroatoms. The Labute approximate surface area is 244 Å². The van der Waals surface area contributed by atoms with Crippen LogP contribution in [0.1, 0.15) is 46.2 Å². The predicted molar refractivity (Wildman–Crippen MR) is 153 cm³/mol. The number of nitrogens with zero attached hydrogens (tertiary/aromatic N) is 5. The van der Waals surface area contributed by atoms with Gasteiger partial charge in [0.15, 0.2) is 21.5 Å². The monoisotopic (exact) mass is 605 g/mol. The molecule has 1 aliphatic rings. The van der Waals surface area contributed by atoms with E-state index in [0.717, 1.165) is 22.5 Å². The molecule has 0 aliphatic heterocycles. The summed E-state index contributed by atoms with van der Waals surface area (Å²) in [4.78, 5) is 17.2. The number of hydrogen-bond acceptors (Lipinski definition) is 6. The molecule has 0 N–H and O–H groups in total. The summed E-state index contributed by atoms with van der Waals surface area (Å²) in [5.74, 6) is -2.22. The van der Waals surface area contributed by atoms with Crippen LogP contribution in [0, 0.1) is 36.8 Å². The molecule has 2 atom stereocenters. The zero-order chi connectivity index (χ0) is 30.1. The lowest BCUT2D eigenvalue weighted by Crippen LogP contribution is -2.24. The van der Waals surface area contributed by atoms with Gasteiger partial charge in [0.1, 0.15) is 21.7 Å². The van der Waals surface area contributed by atoms with Gasteiger partial charge in [0.25, 0.3) is 5.56 Å². The molecule has 8 nitrogen and oxygen atoms in total. The molecular weight excluding hydrogens is 584 g/mol. The number of benzene rings is 1. The molecule has 0 amide bonds. The van der Waals surface area contributed by atoms with Crippen molar-refractivity contribution >= 4 is 27.0 Å². The fraction of sp³-hybridized carbons (Fsp3) is 0.200. The van der Waals surface area contributed by atoms with E-state index in [0.29, 0.717) is 34.3 Å². The Morgan fingerprint density at radius 3 is 2.52 bits per heavy atom. The minimum atomic E-state index is -3.93. The molecule has 1 aliphatic carbocycles. The zero-order valence-corrected chi connectivity index (χ0v) is 24.1. The first kappa shape index (κ1) is 27.8. The van der Waals surface area contributed by atoms with E-state index in [4.69, 9.17) is 11.6 Å². The Kier molecular flexibility index (Phi) is 6.51. The maximum atomic E-state index is 16.1. The average Bonchev–Trinajstić information content (AvgIpc) is 3.62. The molecule has 0 bridgehead atoms. The predicted octanol–water partition coefficient (Wildman–Crippen LogP) is 5.64. The van der Waals surface area contributed by atoms with Crippen LogP contribution in [0.15, 0.2) is 64.7 Å². The van der Waals surface area contributed by atoms with E-state index < -0.39 is 37.6 Å². The van der Waals surface area contributed by atoms with Crippen LogP contribution in [0.4, 0.5) is 8.78 Å². The minimum absolute atomic E-state index is 0.000691. The lowest BCUT2D eigenvalue weighted by atomic mass is 10.0. The van der Waals surface area contributed by atoms with Crippen LogP contribution in [0.2, 0.25) is 5.02 Å². The number of rotatable bonds is 5. The molecule has 4 heterocycles. The second-order valence-electron chi connectivity index (χ2n) is 10.4. The van der Waals surface area contributed by atoms with Crippen molar-refractivity contribution < 1.29 is 17.2 Å². The summed E-state index contributed by atoms with van der Waals surface area (Å²) in [6.45, 7) is 3.20. The van der Waals surface area contributed by atoms with Gasteiger partial charge in [-0.15, -0.1) is 0 Å². The first-order valence-electron chi connectivity index (χ1n) is 12.9. The van der Waals surface area contributed by atoms with Crippen molar-refractivity contribution in [3.63, 3.8) is 0 Å². The first-order chi connectivity index (χ1) is 19.9. The molecule has 0 saturated heterocycles. The third-order valence-electron chi connectivity index (χ3n) is 7.66. The summed E-state index contributed by atoms with van der Waals surface area (Å²) in [5, 5.41) is 13.7. The molecule has 1 aromatic carbocycles. The molecule has 5 aromatic rings. The molecule has 42 heavy (non-hydrogen) atoms. The Morgan fingerprint density at radius 2 is 1.81 bits per heavy atom. The van der Waals surface area contributed by atoms with Gasteiger partial charge in [0.05, 0.1) is 23.0 Å². The number of sulfone groups is 1. The van der Waals surface area contributed by atoms with Crippen molar-refractivity contribution in [3.8, 4) is 23.0 Å². The van der Waals surface area contributed by atoms with Crippen LogP contribution in [0.3, 0.4) is 0 Å². The van der Waals surface area contributed by atoms with Crippen LogP contribution in [0.25, 0.3) is 22.5 Å². The van der Waals surface area contributed by atoms with Gasteiger partial charge in [0, 0.05) is 29.9 Å². The summed E-state index contributed by atoms with van der Waals surface area (Å²) in [7, 11) is -3.93. The van der Waals surface area contributed by atoms with Gasteiger partial charge in [-0.1, -0.05) is 23.7 Å². The van der Waals surface area contributed by atoms with Gasteiger partial charge in [0.2, 0.25) is 0 Å². The van der Waals surface area contributed by atoms with Crippen molar-refractivity contribution in [1.29, 1.82) is 5.26 Å². The highest BCUT2D eigenvalue weighted by Gasteiger charge is 2.43. The van der Waals surface area contributed by atoms with E-state index >= 15 is 8.78 Å². The second kappa shape index (κ2) is 9.86. The molecule has 1 saturated carbocycles. The van der Waals surface area contributed by atoms with Gasteiger partial charge >= 0.3 is 0 Å². The molecule has 1 fully saturated rings. The van der Waals surface area contributed by atoms with Gasteiger partial charge in [-0.3, -0.25) is 14.3 Å². The third-order valence-corrected chi connectivity index (χ3v) is 9.16. The van der Waals surface area contributed by atoms with Crippen molar-refractivity contribution in [2.24, 2.45) is 0 Å². The van der Waals surface area contributed by atoms with Crippen molar-refractivity contribution in [3.05, 3.63) is 110 Å². The fourth-order valence-corrected chi connectivity index (χ4v) is 6.66. The minimum Gasteiger partial charge on any atom is -0.277 e. The van der Waals surface area contributed by atoms with E-state index in [1.54, 1.807) is 30.6 Å². The van der Waals surface area contributed by atoms with Crippen LogP contribution in [-0.4, -0.2) is 33.8 Å². The fourth-order valence-electron chi connectivity index (χ4n) is 5.62. The van der Waals surface area contributed by atoms with Crippen molar-refractivity contribution in [2.75, 3.05) is 6.26 Å². The van der Waals surface area contributed by atoms with Gasteiger partial charge < -0.3 is 0 Å². The zero-order valence-electron chi connectivity index (χ0n) is 22.6. The van der Waals surface area contributed by atoms with Crippen molar-refractivity contribution in [2.45, 2.75) is 37.0 Å². The summed E-state index contributed by atoms with van der Waals surface area (Å²) in [5.41, 5.74) is 1.80. The van der Waals surface area contributed by atoms with Gasteiger partial charge in [-0.2, -0.15) is 10.4 Å². The number of nitriles is 1. The third kappa shape index (κ3) is 4.30. The maximum Gasteiger partial charge on any atom is 0.274 e. The van der Waals surface area contributed by atoms with E-state index in [1.807, 2.05) is 12.1 Å². The van der Waals surface area contributed by atoms with Crippen molar-refractivity contribution in [1.82, 2.24) is 19.2 Å². The van der Waals surface area contributed by atoms with Crippen LogP contribution < -0.4 is 5.56 Å². The normalized spacial score (nSPS) is 16.5. The summed E-state index contributed by atoms with van der Waals surface area (Å²) in [6.07, 6.45) is 6.12. The van der Waals surface area contributed by atoms with Crippen LogP contribution in [0.5, 0.6) is 0 Å². The topological polar surface area (TPSA) is 110 Å². The number of aromatic nitrogens is 4. The highest BCUT2D eigenvalue weighted by molar-refractivity contribution is 7.90. The largest absolute Gasteiger partial charge is 0.277 e. The quantitative estimate of drug-likeness (QED) is 0.256. The smallest absolute Gasteiger partial charge is 0.274 e. The maximum absolute atomic E-state index is 16.1. The Morgan fingerprint density at radius 1 is 1.07 bits per heavy atom. The molecule has 1 unspecified atom stereocenters. The molecule has 6 rings (SSSR count). The number of aryl methyl sites for hydroxylation is 2. The van der Waals surface area contributed by atoms with Gasteiger partial charge in [-0.25, -0.2) is 21.7 Å². The Hall–Kier alpha value is -4.40. The summed E-state index contributed by atoms with van der Waals surface area (Å²) in [6, 6.07) is 11.3. The van der Waals surface area contributed by atoms with Crippen LogP contribution >= 0.6 is 11.6 Å². The van der Waals surface area contributed by atoms with Crippen LogP contribution in [-0.2, 0) is 9.84 Å². The number of hydrogen-bond donors (Lipinski definition) is 0. The lowest BCUT2D eigenvalue weighted by Gasteiger charge is -2.18. The number of fused-ring (bicyclic) bond motifs is 1. The van der Waals surface area contributed by atoms with E-state index in [1.165, 1.54) is 24.5 Å². The second-order valence-corrected chi connectivity index (χ2v) is 12.8. The average molecular weight is 606 g/mol. The highest BCUT2D eigenvalue weighted by Crippen LogP contribution is 2.57. The molecule has 0 radical (unpaired) electrons. The first-order valence-corrected chi connectivity index (χ1v) is 15.1. The number of halogens is 3. The van der Waals surface area contributed by atoms with E-state index in [2.05, 4.69) is 16.2 Å². The summed E-state index contributed by atoms with van der Waals surface area (Å²) >= 11 is 6.65. The molecular formula is C30H22ClF2N5O3S. The molecule has 212 valence electrons.